The zero-order chi connectivity index (χ0) is 41.3. The predicted octanol–water partition coefficient (Wildman–Crippen LogP) is 13.6. The Labute approximate surface area is 354 Å². The zero-order valence-electron chi connectivity index (χ0n) is 34.0. The van der Waals surface area contributed by atoms with Crippen LogP contribution in [0.4, 0.5) is 0 Å². The summed E-state index contributed by atoms with van der Waals surface area (Å²) in [5.41, 5.74) is 11.8. The maximum absolute atomic E-state index is 5.26. The van der Waals surface area contributed by atoms with Gasteiger partial charge in [-0.15, -0.1) is 11.3 Å². The van der Waals surface area contributed by atoms with E-state index in [0.717, 1.165) is 78.5 Å². The molecule has 4 heterocycles. The van der Waals surface area contributed by atoms with Crippen LogP contribution in [0.15, 0.2) is 199 Å². The number of oxazole rings is 1. The fourth-order valence-corrected chi connectivity index (χ4v) is 7.94. The van der Waals surface area contributed by atoms with Crippen LogP contribution in [0.5, 0.6) is 0 Å². The Morgan fingerprint density at radius 2 is 0.917 bits per heavy atom. The second kappa shape index (κ2) is 18.4. The number of rotatable bonds is 4. The number of aryl methyl sites for hydroxylation is 4. The SMILES string of the molecule is Cc1nc(-c2ccccc2)c(-c2ccccc2)n1-c1ccccc1.Cc1nc2ccccc2n1-c1ccccc1.Cc1nc2ccccc2o1.Cc1nc2ccccc2s1. The van der Waals surface area contributed by atoms with Gasteiger partial charge in [0.1, 0.15) is 17.2 Å². The molecule has 0 amide bonds. The molecule has 0 spiro atoms. The van der Waals surface area contributed by atoms with Gasteiger partial charge >= 0.3 is 0 Å². The molecule has 0 atom stereocenters. The fraction of sp³-hybridized carbons (Fsp3) is 0.0769. The number of hydrogen-bond donors (Lipinski definition) is 0. The van der Waals surface area contributed by atoms with Gasteiger partial charge in [0.25, 0.3) is 0 Å². The zero-order valence-corrected chi connectivity index (χ0v) is 34.8. The van der Waals surface area contributed by atoms with Gasteiger partial charge in [-0.2, -0.15) is 0 Å². The smallest absolute Gasteiger partial charge is 0.192 e. The van der Waals surface area contributed by atoms with Crippen molar-refractivity contribution >= 4 is 43.7 Å². The Morgan fingerprint density at radius 1 is 0.417 bits per heavy atom. The van der Waals surface area contributed by atoms with Crippen molar-refractivity contribution in [3.8, 4) is 33.9 Å². The molecule has 0 unspecified atom stereocenters. The molecular formula is C52H44N6OS. The topological polar surface area (TPSA) is 74.6 Å². The molecule has 0 aliphatic rings. The van der Waals surface area contributed by atoms with Crippen molar-refractivity contribution in [3.05, 3.63) is 217 Å². The van der Waals surface area contributed by atoms with Crippen molar-refractivity contribution in [1.82, 2.24) is 29.1 Å². The first-order chi connectivity index (χ1) is 29.4. The summed E-state index contributed by atoms with van der Waals surface area (Å²) >= 11 is 1.74. The first-order valence-electron chi connectivity index (χ1n) is 19.8. The van der Waals surface area contributed by atoms with Crippen LogP contribution in [-0.2, 0) is 0 Å². The van der Waals surface area contributed by atoms with E-state index in [1.54, 1.807) is 11.3 Å². The van der Waals surface area contributed by atoms with E-state index in [4.69, 9.17) is 9.40 Å². The van der Waals surface area contributed by atoms with E-state index < -0.39 is 0 Å². The lowest BCUT2D eigenvalue weighted by atomic mass is 10.0. The van der Waals surface area contributed by atoms with Gasteiger partial charge in [-0.3, -0.25) is 9.13 Å². The van der Waals surface area contributed by atoms with Crippen molar-refractivity contribution in [2.24, 2.45) is 0 Å². The molecule has 0 fully saturated rings. The molecule has 0 aliphatic heterocycles. The summed E-state index contributed by atoms with van der Waals surface area (Å²) in [5, 5.41) is 1.14. The van der Waals surface area contributed by atoms with Gasteiger partial charge < -0.3 is 4.42 Å². The highest BCUT2D eigenvalue weighted by Gasteiger charge is 2.19. The minimum Gasteiger partial charge on any atom is -0.441 e. The van der Waals surface area contributed by atoms with E-state index in [1.165, 1.54) is 10.3 Å². The molecule has 60 heavy (non-hydrogen) atoms. The van der Waals surface area contributed by atoms with E-state index in [2.05, 4.69) is 128 Å². The van der Waals surface area contributed by atoms with Crippen LogP contribution in [0.1, 0.15) is 22.5 Å². The van der Waals surface area contributed by atoms with Crippen LogP contribution in [0.25, 0.3) is 66.2 Å². The molecule has 7 aromatic carbocycles. The summed E-state index contributed by atoms with van der Waals surface area (Å²) in [6, 6.07) is 65.7. The number of aromatic nitrogens is 6. The molecule has 11 aromatic rings. The normalized spacial score (nSPS) is 10.7. The monoisotopic (exact) mass is 800 g/mol. The minimum absolute atomic E-state index is 0.723. The van der Waals surface area contributed by atoms with Crippen LogP contribution in [-0.4, -0.2) is 29.1 Å². The first-order valence-corrected chi connectivity index (χ1v) is 20.6. The van der Waals surface area contributed by atoms with Gasteiger partial charge in [-0.1, -0.05) is 133 Å². The van der Waals surface area contributed by atoms with Crippen molar-refractivity contribution in [3.63, 3.8) is 0 Å². The molecular weight excluding hydrogens is 757 g/mol. The van der Waals surface area contributed by atoms with Crippen molar-refractivity contribution in [2.45, 2.75) is 27.7 Å². The highest BCUT2D eigenvalue weighted by atomic mass is 32.1. The summed E-state index contributed by atoms with van der Waals surface area (Å²) < 4.78 is 10.9. The van der Waals surface area contributed by atoms with E-state index in [-0.39, 0.29) is 0 Å². The Morgan fingerprint density at radius 3 is 1.55 bits per heavy atom. The van der Waals surface area contributed by atoms with Crippen molar-refractivity contribution in [1.29, 1.82) is 0 Å². The lowest BCUT2D eigenvalue weighted by Crippen LogP contribution is -1.99. The van der Waals surface area contributed by atoms with Crippen LogP contribution in [0, 0.1) is 27.7 Å². The number of hydrogen-bond acceptors (Lipinski definition) is 6. The number of benzene rings is 7. The van der Waals surface area contributed by atoms with E-state index in [9.17, 15) is 0 Å². The number of fused-ring (bicyclic) bond motifs is 3. The average Bonchev–Trinajstić information content (AvgIpc) is 4.06. The number of para-hydroxylation sites is 7. The maximum atomic E-state index is 5.26. The molecule has 0 saturated heterocycles. The third kappa shape index (κ3) is 8.99. The standard InChI is InChI=1S/C22H18N2.C14H12N2.C8H7NO.C8H7NS/c1-17-23-21(18-11-5-2-6-12-18)22(19-13-7-3-8-14-19)24(17)20-15-9-4-10-16-20;1-11-15-13-9-5-6-10-14(13)16(11)12-7-3-2-4-8-12;2*1-6-9-7-4-2-3-5-8(7)10-6/h2-16H,1H3;2-10H,1H3;2*2-5H,1H3. The Bertz CT molecular complexity index is 2940. The molecule has 11 rings (SSSR count). The van der Waals surface area contributed by atoms with Gasteiger partial charge in [0.05, 0.1) is 37.6 Å². The van der Waals surface area contributed by atoms with Gasteiger partial charge in [0, 0.05) is 29.4 Å². The summed E-state index contributed by atoms with van der Waals surface area (Å²) in [6.45, 7) is 7.98. The lowest BCUT2D eigenvalue weighted by molar-refractivity contribution is 0.561. The maximum Gasteiger partial charge on any atom is 0.192 e. The Kier molecular flexibility index (Phi) is 12.1. The highest BCUT2D eigenvalue weighted by Crippen LogP contribution is 2.35. The van der Waals surface area contributed by atoms with Crippen LogP contribution in [0.3, 0.4) is 0 Å². The van der Waals surface area contributed by atoms with Crippen LogP contribution in [0.2, 0.25) is 0 Å². The highest BCUT2D eigenvalue weighted by molar-refractivity contribution is 7.18. The molecule has 0 bridgehead atoms. The van der Waals surface area contributed by atoms with E-state index in [1.807, 2.05) is 118 Å². The summed E-state index contributed by atoms with van der Waals surface area (Å²) in [4.78, 5) is 17.9. The molecule has 4 aromatic heterocycles. The molecule has 0 saturated carbocycles. The third-order valence-electron chi connectivity index (χ3n) is 9.70. The van der Waals surface area contributed by atoms with Crippen molar-refractivity contribution in [2.75, 3.05) is 0 Å². The number of thiazole rings is 1. The Balaban J connectivity index is 0.000000119. The third-order valence-corrected chi connectivity index (χ3v) is 10.7. The van der Waals surface area contributed by atoms with E-state index >= 15 is 0 Å². The predicted molar refractivity (Wildman–Crippen MR) is 248 cm³/mol. The van der Waals surface area contributed by atoms with Crippen LogP contribution >= 0.6 is 11.3 Å². The fourth-order valence-electron chi connectivity index (χ4n) is 7.11. The van der Waals surface area contributed by atoms with Gasteiger partial charge in [-0.05, 0) is 81.4 Å². The van der Waals surface area contributed by atoms with Crippen LogP contribution < -0.4 is 0 Å². The summed E-state index contributed by atoms with van der Waals surface area (Å²) in [7, 11) is 0. The quantitative estimate of drug-likeness (QED) is 0.177. The van der Waals surface area contributed by atoms with E-state index in [0.29, 0.717) is 0 Å². The summed E-state index contributed by atoms with van der Waals surface area (Å²) in [6.07, 6.45) is 0. The molecule has 0 aliphatic carbocycles. The second-order valence-corrected chi connectivity index (χ2v) is 15.2. The molecule has 0 radical (unpaired) electrons. The second-order valence-electron chi connectivity index (χ2n) is 14.0. The van der Waals surface area contributed by atoms with Gasteiger partial charge in [0.15, 0.2) is 11.5 Å². The first kappa shape index (κ1) is 39.4. The molecule has 8 heteroatoms. The minimum atomic E-state index is 0.723. The number of nitrogens with zero attached hydrogens (tertiary/aromatic N) is 6. The molecule has 0 N–H and O–H groups in total. The number of imidazole rings is 2. The molecule has 7 nitrogen and oxygen atoms in total. The molecule has 294 valence electrons. The Hall–Kier alpha value is -7.42. The van der Waals surface area contributed by atoms with Gasteiger partial charge in [-0.25, -0.2) is 19.9 Å². The lowest BCUT2D eigenvalue weighted by Gasteiger charge is -2.12. The van der Waals surface area contributed by atoms with Gasteiger partial charge in [0.2, 0.25) is 0 Å². The van der Waals surface area contributed by atoms with Crippen molar-refractivity contribution < 1.29 is 4.42 Å². The summed E-state index contributed by atoms with van der Waals surface area (Å²) in [5.74, 6) is 2.73. The largest absolute Gasteiger partial charge is 0.441 e. The average molecular weight is 801 g/mol.